The van der Waals surface area contributed by atoms with Crippen LogP contribution in [0.15, 0.2) is 66.9 Å². The molecule has 0 unspecified atom stereocenters. The summed E-state index contributed by atoms with van der Waals surface area (Å²) in [5.74, 6) is -3.23. The molecule has 5 heteroatoms. The van der Waals surface area contributed by atoms with Gasteiger partial charge in [0.05, 0.1) is 6.42 Å². The van der Waals surface area contributed by atoms with E-state index in [0.717, 1.165) is 22.0 Å². The molecule has 1 aromatic heterocycles. The van der Waals surface area contributed by atoms with Gasteiger partial charge in [0.15, 0.2) is 5.78 Å². The van der Waals surface area contributed by atoms with Crippen LogP contribution in [0.2, 0.25) is 0 Å². The van der Waals surface area contributed by atoms with Crippen molar-refractivity contribution in [2.24, 2.45) is 0 Å². The van der Waals surface area contributed by atoms with Crippen molar-refractivity contribution in [1.82, 2.24) is 4.57 Å². The maximum Gasteiger partial charge on any atom is 0.372 e. The Hall–Kier alpha value is -3.47. The molecule has 0 aliphatic rings. The molecule has 0 aliphatic carbocycles. The highest BCUT2D eigenvalue weighted by atomic mass is 16.4. The summed E-state index contributed by atoms with van der Waals surface area (Å²) in [4.78, 5) is 33.4. The van der Waals surface area contributed by atoms with Gasteiger partial charge in [0.2, 0.25) is 5.78 Å². The monoisotopic (exact) mass is 347 g/mol. The molecule has 130 valence electrons. The number of aromatic nitrogens is 1. The lowest BCUT2D eigenvalue weighted by Crippen LogP contribution is -2.15. The Kier molecular flexibility index (Phi) is 5.08. The van der Waals surface area contributed by atoms with Crippen LogP contribution in [0, 0.1) is 0 Å². The van der Waals surface area contributed by atoms with Gasteiger partial charge >= 0.3 is 5.97 Å². The quantitative estimate of drug-likeness (QED) is 0.404. The van der Waals surface area contributed by atoms with E-state index in [9.17, 15) is 14.4 Å². The van der Waals surface area contributed by atoms with Gasteiger partial charge in [0.25, 0.3) is 0 Å². The molecule has 0 spiro atoms. The van der Waals surface area contributed by atoms with Gasteiger partial charge in [-0.1, -0.05) is 48.5 Å². The Balaban J connectivity index is 1.87. The van der Waals surface area contributed by atoms with Crippen LogP contribution in [0.4, 0.5) is 0 Å². The summed E-state index contributed by atoms with van der Waals surface area (Å²) in [6.07, 6.45) is 4.20. The Bertz CT molecular complexity index is 999. The van der Waals surface area contributed by atoms with Gasteiger partial charge in [0, 0.05) is 29.2 Å². The summed E-state index contributed by atoms with van der Waals surface area (Å²) in [6, 6.07) is 17.9. The molecule has 0 radical (unpaired) electrons. The minimum atomic E-state index is -1.59. The molecule has 1 N–H and O–H groups in total. The second-order valence-corrected chi connectivity index (χ2v) is 5.92. The third kappa shape index (κ3) is 3.95. The first-order valence-electron chi connectivity index (χ1n) is 8.13. The average Bonchev–Trinajstić information content (AvgIpc) is 2.98. The zero-order valence-electron chi connectivity index (χ0n) is 14.0. The summed E-state index contributed by atoms with van der Waals surface area (Å²) < 4.78 is 2.09. The van der Waals surface area contributed by atoms with E-state index < -0.39 is 24.0 Å². The van der Waals surface area contributed by atoms with Crippen LogP contribution in [0.5, 0.6) is 0 Å². The predicted molar refractivity (Wildman–Crippen MR) is 98.8 cm³/mol. The topological polar surface area (TPSA) is 76.4 Å². The summed E-state index contributed by atoms with van der Waals surface area (Å²) in [5, 5.41) is 9.56. The average molecular weight is 347 g/mol. The second kappa shape index (κ2) is 7.61. The minimum absolute atomic E-state index is 0.530. The van der Waals surface area contributed by atoms with Gasteiger partial charge in [-0.2, -0.15) is 0 Å². The first-order valence-corrected chi connectivity index (χ1v) is 8.13. The molecule has 0 aliphatic heterocycles. The number of benzene rings is 2. The number of para-hydroxylation sites is 1. The van der Waals surface area contributed by atoms with E-state index >= 15 is 0 Å². The van der Waals surface area contributed by atoms with Crippen molar-refractivity contribution < 1.29 is 19.5 Å². The van der Waals surface area contributed by atoms with Gasteiger partial charge in [-0.15, -0.1) is 0 Å². The van der Waals surface area contributed by atoms with Crippen LogP contribution in [0.25, 0.3) is 17.0 Å². The first kappa shape index (κ1) is 17.4. The van der Waals surface area contributed by atoms with Crippen molar-refractivity contribution in [1.29, 1.82) is 0 Å². The number of rotatable bonds is 7. The molecule has 2 aromatic carbocycles. The molecule has 0 atom stereocenters. The smallest absolute Gasteiger partial charge is 0.372 e. The van der Waals surface area contributed by atoms with E-state index in [4.69, 9.17) is 5.11 Å². The van der Waals surface area contributed by atoms with Crippen LogP contribution in [0.1, 0.15) is 17.5 Å². The van der Waals surface area contributed by atoms with E-state index in [2.05, 4.69) is 4.57 Å². The molecule has 1 heterocycles. The van der Waals surface area contributed by atoms with Gasteiger partial charge in [-0.25, -0.2) is 4.79 Å². The molecule has 3 rings (SSSR count). The molecule has 5 nitrogen and oxygen atoms in total. The minimum Gasteiger partial charge on any atom is -0.475 e. The molecular formula is C21H17NO4. The van der Waals surface area contributed by atoms with Crippen LogP contribution in [-0.4, -0.2) is 27.2 Å². The van der Waals surface area contributed by atoms with Crippen molar-refractivity contribution in [3.63, 3.8) is 0 Å². The van der Waals surface area contributed by atoms with E-state index in [1.165, 1.54) is 6.08 Å². The van der Waals surface area contributed by atoms with Crippen LogP contribution in [-0.2, 0) is 20.9 Å². The van der Waals surface area contributed by atoms with Crippen LogP contribution >= 0.6 is 0 Å². The third-order valence-corrected chi connectivity index (χ3v) is 4.04. The predicted octanol–water partition coefficient (Wildman–Crippen LogP) is 3.32. The van der Waals surface area contributed by atoms with Crippen molar-refractivity contribution in [2.45, 2.75) is 13.0 Å². The molecule has 0 fully saturated rings. The molecular weight excluding hydrogens is 330 g/mol. The lowest BCUT2D eigenvalue weighted by atomic mass is 10.1. The molecule has 0 amide bonds. The SMILES string of the molecule is O=C(C=Cc1cn(Cc2ccccc2)c2ccccc12)CC(=O)C(=O)O. The highest BCUT2D eigenvalue weighted by Crippen LogP contribution is 2.23. The maximum atomic E-state index is 11.8. The van der Waals surface area contributed by atoms with Gasteiger partial charge in [-0.05, 0) is 23.8 Å². The Morgan fingerprint density at radius 3 is 2.38 bits per heavy atom. The van der Waals surface area contributed by atoms with Gasteiger partial charge < -0.3 is 9.67 Å². The van der Waals surface area contributed by atoms with Crippen LogP contribution < -0.4 is 0 Å². The largest absolute Gasteiger partial charge is 0.475 e. The highest BCUT2D eigenvalue weighted by molar-refractivity contribution is 6.37. The Labute approximate surface area is 150 Å². The summed E-state index contributed by atoms with van der Waals surface area (Å²) >= 11 is 0. The normalized spacial score (nSPS) is 11.1. The fraction of sp³-hybridized carbons (Fsp3) is 0.0952. The first-order chi connectivity index (χ1) is 12.5. The summed E-state index contributed by atoms with van der Waals surface area (Å²) in [6.45, 7) is 0.695. The fourth-order valence-corrected chi connectivity index (χ4v) is 2.79. The number of hydrogen-bond donors (Lipinski definition) is 1. The van der Waals surface area contributed by atoms with Gasteiger partial charge in [-0.3, -0.25) is 9.59 Å². The molecule has 0 bridgehead atoms. The number of carboxylic acids is 1. The Morgan fingerprint density at radius 1 is 0.962 bits per heavy atom. The van der Waals surface area contributed by atoms with E-state index in [0.29, 0.717) is 6.54 Å². The number of carbonyl (C=O) groups excluding carboxylic acids is 2. The van der Waals surface area contributed by atoms with Gasteiger partial charge in [0.1, 0.15) is 0 Å². The number of allylic oxidation sites excluding steroid dienone is 1. The van der Waals surface area contributed by atoms with E-state index in [-0.39, 0.29) is 0 Å². The summed E-state index contributed by atoms with van der Waals surface area (Å²) in [7, 11) is 0. The van der Waals surface area contributed by atoms with Crippen molar-refractivity contribution >= 4 is 34.5 Å². The number of aliphatic carboxylic acids is 1. The fourth-order valence-electron chi connectivity index (χ4n) is 2.79. The molecule has 0 saturated heterocycles. The lowest BCUT2D eigenvalue weighted by Gasteiger charge is -2.05. The van der Waals surface area contributed by atoms with Crippen molar-refractivity contribution in [3.8, 4) is 0 Å². The molecule has 0 saturated carbocycles. The van der Waals surface area contributed by atoms with Crippen molar-refractivity contribution in [2.75, 3.05) is 0 Å². The summed E-state index contributed by atoms with van der Waals surface area (Å²) in [5.41, 5.74) is 3.03. The zero-order chi connectivity index (χ0) is 18.5. The maximum absolute atomic E-state index is 11.8. The second-order valence-electron chi connectivity index (χ2n) is 5.92. The Morgan fingerprint density at radius 2 is 1.65 bits per heavy atom. The highest BCUT2D eigenvalue weighted by Gasteiger charge is 2.14. The third-order valence-electron chi connectivity index (χ3n) is 4.04. The lowest BCUT2D eigenvalue weighted by molar-refractivity contribution is -0.149. The number of nitrogens with zero attached hydrogens (tertiary/aromatic N) is 1. The zero-order valence-corrected chi connectivity index (χ0v) is 14.0. The van der Waals surface area contributed by atoms with Crippen LogP contribution in [0.3, 0.4) is 0 Å². The molecule has 26 heavy (non-hydrogen) atoms. The standard InChI is InChI=1S/C21H17NO4/c23-17(12-20(24)21(25)26)11-10-16-14-22(13-15-6-2-1-3-7-15)19-9-5-4-8-18(16)19/h1-11,14H,12-13H2,(H,25,26). The number of carbonyl (C=O) groups is 3. The van der Waals surface area contributed by atoms with E-state index in [1.807, 2.05) is 60.8 Å². The van der Waals surface area contributed by atoms with Crippen molar-refractivity contribution in [3.05, 3.63) is 78.0 Å². The number of Topliss-reactive ketones (excluding diaryl/α,β-unsaturated/α-hetero) is 1. The number of fused-ring (bicyclic) bond motifs is 1. The number of carboxylic acid groups (broad SMARTS) is 1. The molecule has 3 aromatic rings. The number of hydrogen-bond acceptors (Lipinski definition) is 3. The van der Waals surface area contributed by atoms with E-state index in [1.54, 1.807) is 6.08 Å². The number of ketones is 2.